The Kier molecular flexibility index (Phi) is 4.13. The molecule has 4 rings (SSSR count). The minimum Gasteiger partial charge on any atom is -0.486 e. The molecule has 0 radical (unpaired) electrons. The third-order valence-corrected chi connectivity index (χ3v) is 4.47. The summed E-state index contributed by atoms with van der Waals surface area (Å²) in [4.78, 5) is 21.0. The zero-order valence-electron chi connectivity index (χ0n) is 13.8. The molecule has 1 aliphatic carbocycles. The van der Waals surface area contributed by atoms with Gasteiger partial charge >= 0.3 is 0 Å². The summed E-state index contributed by atoms with van der Waals surface area (Å²) in [5.74, 6) is 1.33. The van der Waals surface area contributed by atoms with E-state index in [1.807, 2.05) is 24.3 Å². The van der Waals surface area contributed by atoms with E-state index in [0.29, 0.717) is 24.6 Å². The van der Waals surface area contributed by atoms with Crippen LogP contribution >= 0.6 is 0 Å². The van der Waals surface area contributed by atoms with Crippen LogP contribution in [0.4, 0.5) is 5.95 Å². The Balaban J connectivity index is 1.44. The predicted octanol–water partition coefficient (Wildman–Crippen LogP) is 1.51. The van der Waals surface area contributed by atoms with E-state index in [-0.39, 0.29) is 18.0 Å². The number of anilines is 1. The van der Waals surface area contributed by atoms with Crippen molar-refractivity contribution in [1.82, 2.24) is 15.3 Å². The van der Waals surface area contributed by atoms with Crippen LogP contribution in [-0.4, -0.2) is 35.1 Å². The summed E-state index contributed by atoms with van der Waals surface area (Å²) in [6.45, 7) is 0.729. The van der Waals surface area contributed by atoms with E-state index >= 15 is 0 Å². The van der Waals surface area contributed by atoms with Crippen molar-refractivity contribution in [2.75, 3.05) is 18.9 Å². The smallest absolute Gasteiger partial charge is 0.270 e. The molecule has 25 heavy (non-hydrogen) atoms. The molecule has 130 valence electrons. The van der Waals surface area contributed by atoms with Crippen LogP contribution < -0.4 is 20.5 Å². The van der Waals surface area contributed by atoms with Crippen molar-refractivity contribution in [3.05, 3.63) is 41.2 Å². The summed E-state index contributed by atoms with van der Waals surface area (Å²) >= 11 is 0. The van der Waals surface area contributed by atoms with Crippen molar-refractivity contribution in [3.8, 4) is 11.5 Å². The molecule has 2 aromatic rings. The number of hydrogen-bond acceptors (Lipinski definition) is 6. The number of fused-ring (bicyclic) bond motifs is 2. The van der Waals surface area contributed by atoms with E-state index in [0.717, 1.165) is 42.7 Å². The lowest BCUT2D eigenvalue weighted by molar-refractivity contribution is 0.0785. The third-order valence-electron chi connectivity index (χ3n) is 4.47. The van der Waals surface area contributed by atoms with Crippen LogP contribution in [0.15, 0.2) is 24.3 Å². The summed E-state index contributed by atoms with van der Waals surface area (Å²) < 4.78 is 11.5. The summed E-state index contributed by atoms with van der Waals surface area (Å²) in [5.41, 5.74) is 7.97. The maximum absolute atomic E-state index is 12.6. The fraction of sp³-hybridized carbons (Fsp3) is 0.389. The molecule has 1 aromatic carbocycles. The molecule has 2 heterocycles. The maximum Gasteiger partial charge on any atom is 0.270 e. The van der Waals surface area contributed by atoms with Gasteiger partial charge in [0, 0.05) is 11.3 Å². The molecule has 2 aliphatic rings. The van der Waals surface area contributed by atoms with Gasteiger partial charge in [0.25, 0.3) is 5.91 Å². The Labute approximate surface area is 145 Å². The quantitative estimate of drug-likeness (QED) is 0.878. The Hall–Kier alpha value is -2.83. The minimum atomic E-state index is -0.242. The van der Waals surface area contributed by atoms with Crippen LogP contribution in [0.1, 0.15) is 34.6 Å². The number of carbonyl (C=O) groups excluding carboxylic acids is 1. The second-order valence-electron chi connectivity index (χ2n) is 6.27. The van der Waals surface area contributed by atoms with Crippen molar-refractivity contribution < 1.29 is 14.3 Å². The van der Waals surface area contributed by atoms with E-state index < -0.39 is 0 Å². The number of carbonyl (C=O) groups is 1. The van der Waals surface area contributed by atoms with Gasteiger partial charge in [-0.05, 0) is 37.8 Å². The maximum atomic E-state index is 12.6. The largest absolute Gasteiger partial charge is 0.486 e. The normalized spacial score (nSPS) is 18.3. The fourth-order valence-corrected chi connectivity index (χ4v) is 3.25. The summed E-state index contributed by atoms with van der Waals surface area (Å²) in [7, 11) is 0. The highest BCUT2D eigenvalue weighted by atomic mass is 16.6. The molecule has 1 unspecified atom stereocenters. The van der Waals surface area contributed by atoms with Crippen molar-refractivity contribution in [1.29, 1.82) is 0 Å². The number of nitrogen functional groups attached to an aromatic ring is 1. The van der Waals surface area contributed by atoms with Gasteiger partial charge in [-0.15, -0.1) is 0 Å². The van der Waals surface area contributed by atoms with E-state index in [1.54, 1.807) is 0 Å². The zero-order chi connectivity index (χ0) is 17.2. The lowest BCUT2D eigenvalue weighted by Crippen LogP contribution is -2.41. The Morgan fingerprint density at radius 3 is 2.88 bits per heavy atom. The number of benzene rings is 1. The minimum absolute atomic E-state index is 0.150. The lowest BCUT2D eigenvalue weighted by Gasteiger charge is -2.26. The van der Waals surface area contributed by atoms with Crippen molar-refractivity contribution in [2.24, 2.45) is 0 Å². The van der Waals surface area contributed by atoms with Gasteiger partial charge in [0.2, 0.25) is 5.95 Å². The van der Waals surface area contributed by atoms with Gasteiger partial charge in [-0.3, -0.25) is 4.79 Å². The SMILES string of the molecule is Nc1nc2c(c(C(=O)NCC3COc4ccccc4O3)n1)CCCC2. The van der Waals surface area contributed by atoms with Crippen molar-refractivity contribution >= 4 is 11.9 Å². The molecule has 1 amide bonds. The first-order valence-corrected chi connectivity index (χ1v) is 8.52. The number of aryl methyl sites for hydroxylation is 1. The second-order valence-corrected chi connectivity index (χ2v) is 6.27. The van der Waals surface area contributed by atoms with E-state index in [4.69, 9.17) is 15.2 Å². The average molecular weight is 340 g/mol. The number of nitrogens with two attached hydrogens (primary N) is 1. The van der Waals surface area contributed by atoms with Gasteiger partial charge in [-0.1, -0.05) is 12.1 Å². The van der Waals surface area contributed by atoms with Gasteiger partial charge < -0.3 is 20.5 Å². The summed E-state index contributed by atoms with van der Waals surface area (Å²) in [6.07, 6.45) is 3.52. The van der Waals surface area contributed by atoms with Crippen LogP contribution in [0.3, 0.4) is 0 Å². The third kappa shape index (κ3) is 3.22. The van der Waals surface area contributed by atoms with Crippen LogP contribution in [0.25, 0.3) is 0 Å². The standard InChI is InChI=1S/C18H20N4O3/c19-18-21-13-6-2-1-5-12(13)16(22-18)17(23)20-9-11-10-24-14-7-3-4-8-15(14)25-11/h3-4,7-8,11H,1-2,5-6,9-10H2,(H,20,23)(H2,19,21,22). The van der Waals surface area contributed by atoms with Crippen LogP contribution in [0.5, 0.6) is 11.5 Å². The highest BCUT2D eigenvalue weighted by Gasteiger charge is 2.24. The second kappa shape index (κ2) is 6.58. The highest BCUT2D eigenvalue weighted by Crippen LogP contribution is 2.30. The molecular weight excluding hydrogens is 320 g/mol. The summed E-state index contributed by atoms with van der Waals surface area (Å²) in [6, 6.07) is 7.50. The molecule has 0 bridgehead atoms. The van der Waals surface area contributed by atoms with Crippen molar-refractivity contribution in [2.45, 2.75) is 31.8 Å². The molecule has 0 saturated carbocycles. The first-order valence-electron chi connectivity index (χ1n) is 8.52. The highest BCUT2D eigenvalue weighted by molar-refractivity contribution is 5.94. The topological polar surface area (TPSA) is 99.4 Å². The number of nitrogens with zero attached hydrogens (tertiary/aromatic N) is 2. The molecule has 3 N–H and O–H groups in total. The Morgan fingerprint density at radius 1 is 1.20 bits per heavy atom. The number of amides is 1. The predicted molar refractivity (Wildman–Crippen MR) is 91.8 cm³/mol. The number of hydrogen-bond donors (Lipinski definition) is 2. The first kappa shape index (κ1) is 15.7. The Bertz CT molecular complexity index is 809. The molecule has 1 aliphatic heterocycles. The van der Waals surface area contributed by atoms with Crippen LogP contribution in [-0.2, 0) is 12.8 Å². The molecule has 0 spiro atoms. The van der Waals surface area contributed by atoms with Gasteiger partial charge in [0.15, 0.2) is 11.5 Å². The Morgan fingerprint density at radius 2 is 2.00 bits per heavy atom. The van der Waals surface area contributed by atoms with Gasteiger partial charge in [-0.25, -0.2) is 9.97 Å². The number of rotatable bonds is 3. The van der Waals surface area contributed by atoms with Gasteiger partial charge in [0.05, 0.1) is 6.54 Å². The molecule has 0 saturated heterocycles. The number of aromatic nitrogens is 2. The molecule has 1 atom stereocenters. The zero-order valence-corrected chi connectivity index (χ0v) is 13.8. The molecular formula is C18H20N4O3. The van der Waals surface area contributed by atoms with Crippen LogP contribution in [0.2, 0.25) is 0 Å². The number of ether oxygens (including phenoxy) is 2. The molecule has 1 aromatic heterocycles. The van der Waals surface area contributed by atoms with Gasteiger partial charge in [-0.2, -0.15) is 0 Å². The van der Waals surface area contributed by atoms with Crippen molar-refractivity contribution in [3.63, 3.8) is 0 Å². The van der Waals surface area contributed by atoms with E-state index in [9.17, 15) is 4.79 Å². The lowest BCUT2D eigenvalue weighted by atomic mass is 9.94. The van der Waals surface area contributed by atoms with E-state index in [1.165, 1.54) is 0 Å². The number of nitrogens with one attached hydrogen (secondary N) is 1. The number of para-hydroxylation sites is 2. The van der Waals surface area contributed by atoms with E-state index in [2.05, 4.69) is 15.3 Å². The summed E-state index contributed by atoms with van der Waals surface area (Å²) in [5, 5.41) is 2.89. The van der Waals surface area contributed by atoms with Crippen LogP contribution in [0, 0.1) is 0 Å². The molecule has 0 fully saturated rings. The first-order chi connectivity index (χ1) is 12.2. The van der Waals surface area contributed by atoms with Gasteiger partial charge in [0.1, 0.15) is 18.4 Å². The average Bonchev–Trinajstić information content (AvgIpc) is 2.65. The molecule has 7 heteroatoms. The fourth-order valence-electron chi connectivity index (χ4n) is 3.25. The molecule has 7 nitrogen and oxygen atoms in total. The monoisotopic (exact) mass is 340 g/mol.